The summed E-state index contributed by atoms with van der Waals surface area (Å²) in [6.45, 7) is 1.92. The minimum absolute atomic E-state index is 0.161. The number of amides is 1. The van der Waals surface area contributed by atoms with Crippen molar-refractivity contribution < 1.29 is 14.7 Å². The Morgan fingerprint density at radius 1 is 1.19 bits per heavy atom. The first-order valence-electron chi connectivity index (χ1n) is 8.16. The molecular formula is C19H16BrN3O4. The fourth-order valence-corrected chi connectivity index (χ4v) is 3.00. The first kappa shape index (κ1) is 18.8. The van der Waals surface area contributed by atoms with Crippen molar-refractivity contribution in [2.24, 2.45) is 0 Å². The number of H-pyrrole nitrogens is 1. The van der Waals surface area contributed by atoms with E-state index < -0.39 is 11.9 Å². The Morgan fingerprint density at radius 2 is 1.96 bits per heavy atom. The normalized spacial score (nSPS) is 10.7. The molecule has 0 fully saturated rings. The Balaban J connectivity index is 2.04. The highest BCUT2D eigenvalue weighted by Gasteiger charge is 2.15. The Hall–Kier alpha value is -3.00. The molecule has 1 heterocycles. The van der Waals surface area contributed by atoms with Crippen molar-refractivity contribution in [1.82, 2.24) is 9.97 Å². The summed E-state index contributed by atoms with van der Waals surface area (Å²) in [5.41, 5.74) is 2.87. The van der Waals surface area contributed by atoms with Crippen molar-refractivity contribution in [2.75, 3.05) is 5.32 Å². The van der Waals surface area contributed by atoms with Crippen LogP contribution >= 0.6 is 15.9 Å². The van der Waals surface area contributed by atoms with E-state index in [0.717, 1.165) is 5.56 Å². The molecule has 3 rings (SSSR count). The van der Waals surface area contributed by atoms with E-state index in [1.165, 1.54) is 0 Å². The number of halogens is 1. The second kappa shape index (κ2) is 7.71. The van der Waals surface area contributed by atoms with Crippen LogP contribution in [-0.2, 0) is 9.59 Å². The molecule has 0 atom stereocenters. The number of rotatable bonds is 5. The average molecular weight is 430 g/mol. The van der Waals surface area contributed by atoms with Crippen molar-refractivity contribution in [2.45, 2.75) is 19.8 Å². The zero-order chi connectivity index (χ0) is 19.6. The predicted octanol–water partition coefficient (Wildman–Crippen LogP) is 3.46. The number of aromatic nitrogens is 2. The molecule has 2 aromatic carbocycles. The van der Waals surface area contributed by atoms with E-state index in [-0.39, 0.29) is 24.1 Å². The monoisotopic (exact) mass is 429 g/mol. The number of carboxylic acid groups (broad SMARTS) is 1. The van der Waals surface area contributed by atoms with Gasteiger partial charge in [0.2, 0.25) is 5.91 Å². The van der Waals surface area contributed by atoms with Gasteiger partial charge in [0.05, 0.1) is 23.1 Å². The molecule has 8 heteroatoms. The summed E-state index contributed by atoms with van der Waals surface area (Å²) in [6.07, 6.45) is -0.433. The van der Waals surface area contributed by atoms with Crippen LogP contribution in [0.1, 0.15) is 18.4 Å². The zero-order valence-electron chi connectivity index (χ0n) is 14.4. The van der Waals surface area contributed by atoms with Crippen molar-refractivity contribution >= 4 is 44.5 Å². The number of benzene rings is 2. The number of carbonyl (C=O) groups is 2. The van der Waals surface area contributed by atoms with Gasteiger partial charge >= 0.3 is 5.97 Å². The van der Waals surface area contributed by atoms with Crippen LogP contribution in [0.15, 0.2) is 45.7 Å². The van der Waals surface area contributed by atoms with Crippen LogP contribution in [0, 0.1) is 6.92 Å². The number of carbonyl (C=O) groups excluding carboxylic acids is 1. The molecule has 0 aliphatic carbocycles. The number of hydrogen-bond donors (Lipinski definition) is 3. The quantitative estimate of drug-likeness (QED) is 0.574. The van der Waals surface area contributed by atoms with E-state index in [4.69, 9.17) is 5.11 Å². The van der Waals surface area contributed by atoms with Crippen LogP contribution < -0.4 is 10.9 Å². The molecule has 1 aromatic heterocycles. The molecule has 27 heavy (non-hydrogen) atoms. The van der Waals surface area contributed by atoms with Crippen LogP contribution in [-0.4, -0.2) is 27.0 Å². The number of carboxylic acids is 1. The minimum Gasteiger partial charge on any atom is -0.481 e. The maximum absolute atomic E-state index is 12.6. The molecule has 0 spiro atoms. The third-order valence-corrected chi connectivity index (χ3v) is 4.42. The van der Waals surface area contributed by atoms with Crippen molar-refractivity contribution in [3.8, 4) is 11.3 Å². The number of fused-ring (bicyclic) bond motifs is 1. The SMILES string of the molecule is Cc1ccc2nc(-c3cc(Br)ccc3NC(=O)CCC(=O)O)c(=O)[nH]c2c1. The molecule has 0 saturated heterocycles. The van der Waals surface area contributed by atoms with Crippen LogP contribution in [0.2, 0.25) is 0 Å². The number of aromatic amines is 1. The molecule has 0 saturated carbocycles. The van der Waals surface area contributed by atoms with Crippen LogP contribution in [0.25, 0.3) is 22.3 Å². The average Bonchev–Trinajstić information content (AvgIpc) is 2.61. The van der Waals surface area contributed by atoms with E-state index >= 15 is 0 Å². The molecule has 7 nitrogen and oxygen atoms in total. The number of aliphatic carboxylic acids is 1. The van der Waals surface area contributed by atoms with Gasteiger partial charge in [0.15, 0.2) is 0 Å². The number of anilines is 1. The van der Waals surface area contributed by atoms with Gasteiger partial charge in [-0.05, 0) is 42.8 Å². The lowest BCUT2D eigenvalue weighted by Gasteiger charge is -2.11. The van der Waals surface area contributed by atoms with Crippen molar-refractivity contribution in [3.63, 3.8) is 0 Å². The third kappa shape index (κ3) is 4.40. The van der Waals surface area contributed by atoms with E-state index in [1.807, 2.05) is 25.1 Å². The van der Waals surface area contributed by atoms with Gasteiger partial charge in [-0.25, -0.2) is 4.98 Å². The molecular weight excluding hydrogens is 414 g/mol. The van der Waals surface area contributed by atoms with Gasteiger partial charge in [-0.3, -0.25) is 14.4 Å². The van der Waals surface area contributed by atoms with Gasteiger partial charge in [0.25, 0.3) is 5.56 Å². The van der Waals surface area contributed by atoms with E-state index in [0.29, 0.717) is 26.8 Å². The highest BCUT2D eigenvalue weighted by atomic mass is 79.9. The Morgan fingerprint density at radius 3 is 2.70 bits per heavy atom. The number of nitrogens with one attached hydrogen (secondary N) is 2. The summed E-state index contributed by atoms with van der Waals surface area (Å²) < 4.78 is 0.714. The number of nitrogens with zero attached hydrogens (tertiary/aromatic N) is 1. The fourth-order valence-electron chi connectivity index (χ4n) is 2.64. The van der Waals surface area contributed by atoms with E-state index in [1.54, 1.807) is 18.2 Å². The van der Waals surface area contributed by atoms with Gasteiger partial charge in [0, 0.05) is 16.5 Å². The first-order valence-corrected chi connectivity index (χ1v) is 8.95. The lowest BCUT2D eigenvalue weighted by Crippen LogP contribution is -2.16. The highest BCUT2D eigenvalue weighted by Crippen LogP contribution is 2.29. The minimum atomic E-state index is -1.05. The topological polar surface area (TPSA) is 112 Å². The van der Waals surface area contributed by atoms with Gasteiger partial charge in [-0.2, -0.15) is 0 Å². The van der Waals surface area contributed by atoms with Crippen LogP contribution in [0.4, 0.5) is 5.69 Å². The molecule has 0 aliphatic heterocycles. The third-order valence-electron chi connectivity index (χ3n) is 3.92. The molecule has 0 radical (unpaired) electrons. The lowest BCUT2D eigenvalue weighted by atomic mass is 10.1. The molecule has 1 amide bonds. The molecule has 3 N–H and O–H groups in total. The lowest BCUT2D eigenvalue weighted by molar-refractivity contribution is -0.138. The first-order chi connectivity index (χ1) is 12.8. The smallest absolute Gasteiger partial charge is 0.303 e. The van der Waals surface area contributed by atoms with Gasteiger partial charge in [0.1, 0.15) is 5.69 Å². The summed E-state index contributed by atoms with van der Waals surface area (Å²) in [4.78, 5) is 42.5. The maximum atomic E-state index is 12.6. The van der Waals surface area contributed by atoms with Gasteiger partial charge in [-0.15, -0.1) is 0 Å². The summed E-state index contributed by atoms with van der Waals surface area (Å²) in [7, 11) is 0. The predicted molar refractivity (Wildman–Crippen MR) is 106 cm³/mol. The highest BCUT2D eigenvalue weighted by molar-refractivity contribution is 9.10. The second-order valence-corrected chi connectivity index (χ2v) is 6.98. The summed E-state index contributed by atoms with van der Waals surface area (Å²) in [5.74, 6) is -1.50. The largest absolute Gasteiger partial charge is 0.481 e. The maximum Gasteiger partial charge on any atom is 0.303 e. The Bertz CT molecular complexity index is 1110. The summed E-state index contributed by atoms with van der Waals surface area (Å²) in [6, 6.07) is 10.6. The Kier molecular flexibility index (Phi) is 5.36. The number of aryl methyl sites for hydroxylation is 1. The van der Waals surface area contributed by atoms with E-state index in [9.17, 15) is 14.4 Å². The molecule has 138 valence electrons. The van der Waals surface area contributed by atoms with E-state index in [2.05, 4.69) is 31.2 Å². The van der Waals surface area contributed by atoms with Crippen LogP contribution in [0.3, 0.4) is 0 Å². The van der Waals surface area contributed by atoms with Crippen LogP contribution in [0.5, 0.6) is 0 Å². The fraction of sp³-hybridized carbons (Fsp3) is 0.158. The van der Waals surface area contributed by atoms with Gasteiger partial charge < -0.3 is 15.4 Å². The molecule has 0 unspecified atom stereocenters. The molecule has 0 aliphatic rings. The second-order valence-electron chi connectivity index (χ2n) is 6.07. The summed E-state index contributed by atoms with van der Waals surface area (Å²) >= 11 is 3.36. The standard InChI is InChI=1S/C19H16BrN3O4/c1-10-2-4-14-15(8-10)23-19(27)18(22-14)12-9-11(20)3-5-13(12)21-16(24)6-7-17(25)26/h2-5,8-9H,6-7H2,1H3,(H,21,24)(H,23,27)(H,25,26). The Labute approximate surface area is 162 Å². The molecule has 3 aromatic rings. The number of hydrogen-bond acceptors (Lipinski definition) is 4. The van der Waals surface area contributed by atoms with Crippen molar-refractivity contribution in [3.05, 3.63) is 56.8 Å². The molecule has 0 bridgehead atoms. The zero-order valence-corrected chi connectivity index (χ0v) is 16.0. The van der Waals surface area contributed by atoms with Gasteiger partial charge in [-0.1, -0.05) is 22.0 Å². The summed E-state index contributed by atoms with van der Waals surface area (Å²) in [5, 5.41) is 11.4. The van der Waals surface area contributed by atoms with Crippen molar-refractivity contribution in [1.29, 1.82) is 0 Å².